The van der Waals surface area contributed by atoms with E-state index in [1.165, 1.54) is 5.69 Å². The first-order valence-electron chi connectivity index (χ1n) is 6.95. The van der Waals surface area contributed by atoms with E-state index in [4.69, 9.17) is 15.2 Å². The van der Waals surface area contributed by atoms with Gasteiger partial charge in [0.05, 0.1) is 6.61 Å². The van der Waals surface area contributed by atoms with Crippen LogP contribution in [0.2, 0.25) is 0 Å². The number of anilines is 2. The second-order valence-electron chi connectivity index (χ2n) is 4.54. The Labute approximate surface area is 116 Å². The number of rotatable bonds is 10. The van der Waals surface area contributed by atoms with Crippen LogP contribution in [-0.2, 0) is 9.47 Å². The Hall–Kier alpha value is -1.26. The Kier molecular flexibility index (Phi) is 8.02. The van der Waals surface area contributed by atoms with Gasteiger partial charge in [0.25, 0.3) is 0 Å². The lowest BCUT2D eigenvalue weighted by Gasteiger charge is -2.24. The molecule has 0 fully saturated rings. The van der Waals surface area contributed by atoms with Crippen molar-refractivity contribution in [3.8, 4) is 0 Å². The van der Waals surface area contributed by atoms with Gasteiger partial charge in [0.2, 0.25) is 0 Å². The molecule has 0 aliphatic heterocycles. The van der Waals surface area contributed by atoms with Crippen LogP contribution in [0.5, 0.6) is 0 Å². The van der Waals surface area contributed by atoms with Crippen LogP contribution in [0.3, 0.4) is 0 Å². The first-order chi connectivity index (χ1) is 9.27. The maximum Gasteiger partial charge on any atom is 0.0641 e. The van der Waals surface area contributed by atoms with Gasteiger partial charge in [-0.3, -0.25) is 0 Å². The minimum atomic E-state index is 0.744. The van der Waals surface area contributed by atoms with E-state index < -0.39 is 0 Å². The molecule has 4 nitrogen and oxygen atoms in total. The third kappa shape index (κ3) is 6.45. The quantitative estimate of drug-likeness (QED) is 0.522. The highest BCUT2D eigenvalue weighted by atomic mass is 16.5. The first kappa shape index (κ1) is 15.8. The van der Waals surface area contributed by atoms with Gasteiger partial charge in [0.15, 0.2) is 0 Å². The third-order valence-corrected chi connectivity index (χ3v) is 2.89. The maximum atomic E-state index is 5.71. The van der Waals surface area contributed by atoms with Crippen LogP contribution in [0.1, 0.15) is 19.8 Å². The van der Waals surface area contributed by atoms with Crippen molar-refractivity contribution in [2.75, 3.05) is 50.7 Å². The van der Waals surface area contributed by atoms with Crippen LogP contribution in [0.15, 0.2) is 24.3 Å². The largest absolute Gasteiger partial charge is 0.399 e. The van der Waals surface area contributed by atoms with Crippen molar-refractivity contribution in [1.29, 1.82) is 0 Å². The fraction of sp³-hybridized carbons (Fsp3) is 0.600. The number of hydrogen-bond donors (Lipinski definition) is 1. The monoisotopic (exact) mass is 266 g/mol. The highest BCUT2D eigenvalue weighted by molar-refractivity contribution is 5.53. The average Bonchev–Trinajstić information content (AvgIpc) is 2.42. The Morgan fingerprint density at radius 3 is 2.42 bits per heavy atom. The van der Waals surface area contributed by atoms with Gasteiger partial charge in [-0.1, -0.05) is 6.92 Å². The molecule has 0 aliphatic carbocycles. The summed E-state index contributed by atoms with van der Waals surface area (Å²) in [4.78, 5) is 2.33. The molecule has 0 bridgehead atoms. The summed E-state index contributed by atoms with van der Waals surface area (Å²) in [6, 6.07) is 8.01. The van der Waals surface area contributed by atoms with Crippen molar-refractivity contribution < 1.29 is 9.47 Å². The minimum absolute atomic E-state index is 0.744. The van der Waals surface area contributed by atoms with Crippen LogP contribution in [-0.4, -0.2) is 40.0 Å². The molecular formula is C15H26N2O2. The molecule has 2 N–H and O–H groups in total. The molecule has 1 aromatic carbocycles. The van der Waals surface area contributed by atoms with Gasteiger partial charge in [-0.25, -0.2) is 0 Å². The van der Waals surface area contributed by atoms with Crippen molar-refractivity contribution in [3.05, 3.63) is 24.3 Å². The molecule has 0 aliphatic rings. The van der Waals surface area contributed by atoms with E-state index in [0.717, 1.165) is 51.4 Å². The fourth-order valence-corrected chi connectivity index (χ4v) is 1.91. The highest BCUT2D eigenvalue weighted by Crippen LogP contribution is 2.16. The second kappa shape index (κ2) is 9.64. The topological polar surface area (TPSA) is 47.7 Å². The Morgan fingerprint density at radius 1 is 1.05 bits per heavy atom. The number of nitrogen functional groups attached to an aromatic ring is 1. The van der Waals surface area contributed by atoms with E-state index in [-0.39, 0.29) is 0 Å². The SMILES string of the molecule is CCCN(CCOCCCOC)c1ccc(N)cc1. The third-order valence-electron chi connectivity index (χ3n) is 2.89. The van der Waals surface area contributed by atoms with Crippen LogP contribution in [0.25, 0.3) is 0 Å². The maximum absolute atomic E-state index is 5.71. The van der Waals surface area contributed by atoms with Crippen molar-refractivity contribution in [2.24, 2.45) is 0 Å². The van der Waals surface area contributed by atoms with E-state index in [0.29, 0.717) is 0 Å². The lowest BCUT2D eigenvalue weighted by Crippen LogP contribution is -2.28. The summed E-state index contributed by atoms with van der Waals surface area (Å²) in [5.41, 5.74) is 7.72. The molecule has 0 saturated heterocycles. The Bertz CT molecular complexity index is 327. The molecule has 1 rings (SSSR count). The smallest absolute Gasteiger partial charge is 0.0641 e. The average molecular weight is 266 g/mol. The number of nitrogens with two attached hydrogens (primary N) is 1. The van der Waals surface area contributed by atoms with E-state index in [2.05, 4.69) is 24.0 Å². The van der Waals surface area contributed by atoms with E-state index in [1.54, 1.807) is 7.11 Å². The second-order valence-corrected chi connectivity index (χ2v) is 4.54. The molecule has 0 unspecified atom stereocenters. The van der Waals surface area contributed by atoms with E-state index in [9.17, 15) is 0 Å². The molecule has 0 radical (unpaired) electrons. The number of benzene rings is 1. The van der Waals surface area contributed by atoms with Crippen LogP contribution in [0, 0.1) is 0 Å². The first-order valence-corrected chi connectivity index (χ1v) is 6.95. The summed E-state index contributed by atoms with van der Waals surface area (Å²) >= 11 is 0. The van der Waals surface area contributed by atoms with E-state index in [1.807, 2.05) is 12.1 Å². The number of ether oxygens (including phenoxy) is 2. The van der Waals surface area contributed by atoms with Gasteiger partial charge < -0.3 is 20.1 Å². The van der Waals surface area contributed by atoms with Gasteiger partial charge in [0, 0.05) is 44.8 Å². The van der Waals surface area contributed by atoms with Crippen molar-refractivity contribution in [1.82, 2.24) is 0 Å². The zero-order chi connectivity index (χ0) is 13.9. The molecule has 4 heteroatoms. The Balaban J connectivity index is 2.34. The molecule has 1 aromatic rings. The van der Waals surface area contributed by atoms with Crippen LogP contribution < -0.4 is 10.6 Å². The zero-order valence-corrected chi connectivity index (χ0v) is 12.1. The lowest BCUT2D eigenvalue weighted by atomic mass is 10.2. The fourth-order valence-electron chi connectivity index (χ4n) is 1.91. The summed E-state index contributed by atoms with van der Waals surface area (Å²) < 4.78 is 10.6. The number of nitrogens with zero attached hydrogens (tertiary/aromatic N) is 1. The summed E-state index contributed by atoms with van der Waals surface area (Å²) in [5.74, 6) is 0. The van der Waals surface area contributed by atoms with Crippen LogP contribution in [0.4, 0.5) is 11.4 Å². The van der Waals surface area contributed by atoms with Gasteiger partial charge >= 0.3 is 0 Å². The molecule has 0 heterocycles. The molecular weight excluding hydrogens is 240 g/mol. The summed E-state index contributed by atoms with van der Waals surface area (Å²) in [7, 11) is 1.71. The summed E-state index contributed by atoms with van der Waals surface area (Å²) in [6.45, 7) is 6.39. The van der Waals surface area contributed by atoms with Gasteiger partial charge in [-0.05, 0) is 37.1 Å². The standard InChI is InChI=1S/C15H26N2O2/c1-3-9-17(10-13-19-12-4-11-18-2)15-7-5-14(16)6-8-15/h5-8H,3-4,9-13,16H2,1-2H3. The number of hydrogen-bond acceptors (Lipinski definition) is 4. The lowest BCUT2D eigenvalue weighted by molar-refractivity contribution is 0.107. The highest BCUT2D eigenvalue weighted by Gasteiger charge is 2.04. The molecule has 0 atom stereocenters. The zero-order valence-electron chi connectivity index (χ0n) is 12.1. The predicted octanol–water partition coefficient (Wildman–Crippen LogP) is 2.54. The van der Waals surface area contributed by atoms with Crippen molar-refractivity contribution in [2.45, 2.75) is 19.8 Å². The normalized spacial score (nSPS) is 10.6. The molecule has 0 saturated carbocycles. The molecule has 108 valence electrons. The Morgan fingerprint density at radius 2 is 1.79 bits per heavy atom. The van der Waals surface area contributed by atoms with Gasteiger partial charge in [-0.2, -0.15) is 0 Å². The molecule has 0 spiro atoms. The van der Waals surface area contributed by atoms with Crippen molar-refractivity contribution in [3.63, 3.8) is 0 Å². The van der Waals surface area contributed by atoms with Crippen LogP contribution >= 0.6 is 0 Å². The summed E-state index contributed by atoms with van der Waals surface area (Å²) in [6.07, 6.45) is 2.07. The van der Waals surface area contributed by atoms with Crippen molar-refractivity contribution >= 4 is 11.4 Å². The predicted molar refractivity (Wildman–Crippen MR) is 80.7 cm³/mol. The summed E-state index contributed by atoms with van der Waals surface area (Å²) in [5, 5.41) is 0. The van der Waals surface area contributed by atoms with Gasteiger partial charge in [-0.15, -0.1) is 0 Å². The minimum Gasteiger partial charge on any atom is -0.399 e. The van der Waals surface area contributed by atoms with Gasteiger partial charge in [0.1, 0.15) is 0 Å². The molecule has 0 amide bonds. The number of methoxy groups -OCH3 is 1. The molecule has 0 aromatic heterocycles. The molecule has 19 heavy (non-hydrogen) atoms. The van der Waals surface area contributed by atoms with E-state index >= 15 is 0 Å².